The Morgan fingerprint density at radius 3 is 2.57 bits per heavy atom. The van der Waals surface area contributed by atoms with Crippen molar-refractivity contribution >= 4 is 12.2 Å². The van der Waals surface area contributed by atoms with Crippen molar-refractivity contribution in [2.45, 2.75) is 50.8 Å². The molecule has 7 nitrogen and oxygen atoms in total. The van der Waals surface area contributed by atoms with Crippen molar-refractivity contribution in [1.29, 1.82) is 0 Å². The van der Waals surface area contributed by atoms with Gasteiger partial charge in [0, 0.05) is 20.2 Å². The molecule has 2 amide bonds. The monoisotopic (exact) mass is 300 g/mol. The average Bonchev–Trinajstić information content (AvgIpc) is 2.55. The standard InChI is InChI=1S/C14H24N2O5/c1-13(2,3)21-12(19)15-7-10-5-6-14(8-15,9-20-4)16(10)11(17)18/h10H,5-9H2,1-4H3,(H,17,18)/t10-,14+/m0/s1. The van der Waals surface area contributed by atoms with Crippen LogP contribution in [0.1, 0.15) is 33.6 Å². The molecule has 2 rings (SSSR count). The number of fused-ring (bicyclic) bond motifs is 2. The summed E-state index contributed by atoms with van der Waals surface area (Å²) >= 11 is 0. The molecule has 2 aliphatic heterocycles. The summed E-state index contributed by atoms with van der Waals surface area (Å²) in [6, 6.07) is -0.182. The highest BCUT2D eigenvalue weighted by atomic mass is 16.6. The Hall–Kier alpha value is -1.50. The van der Waals surface area contributed by atoms with Crippen molar-refractivity contribution in [2.75, 3.05) is 26.8 Å². The van der Waals surface area contributed by atoms with Crippen molar-refractivity contribution in [2.24, 2.45) is 0 Å². The number of carbonyl (C=O) groups excluding carboxylic acids is 1. The molecule has 21 heavy (non-hydrogen) atoms. The molecule has 7 heteroatoms. The molecule has 0 radical (unpaired) electrons. The number of nitrogens with zero attached hydrogens (tertiary/aromatic N) is 2. The third kappa shape index (κ3) is 3.07. The molecule has 0 aromatic rings. The molecule has 0 aromatic heterocycles. The van der Waals surface area contributed by atoms with Crippen molar-refractivity contribution in [3.05, 3.63) is 0 Å². The maximum absolute atomic E-state index is 12.3. The Morgan fingerprint density at radius 1 is 1.38 bits per heavy atom. The van der Waals surface area contributed by atoms with Crippen molar-refractivity contribution < 1.29 is 24.2 Å². The van der Waals surface area contributed by atoms with Gasteiger partial charge in [-0.25, -0.2) is 9.59 Å². The minimum atomic E-state index is -0.946. The first-order chi connectivity index (χ1) is 9.68. The number of amides is 2. The Kier molecular flexibility index (Phi) is 4.06. The minimum Gasteiger partial charge on any atom is -0.465 e. The fourth-order valence-electron chi connectivity index (χ4n) is 3.36. The molecule has 1 N–H and O–H groups in total. The summed E-state index contributed by atoms with van der Waals surface area (Å²) in [6.07, 6.45) is 0.116. The van der Waals surface area contributed by atoms with Gasteiger partial charge in [0.2, 0.25) is 0 Å². The van der Waals surface area contributed by atoms with Gasteiger partial charge >= 0.3 is 12.2 Å². The van der Waals surface area contributed by atoms with E-state index in [1.54, 1.807) is 12.0 Å². The molecule has 0 aromatic carbocycles. The molecule has 2 fully saturated rings. The Bertz CT molecular complexity index is 430. The van der Waals surface area contributed by atoms with Crippen LogP contribution in [-0.4, -0.2) is 71.1 Å². The normalized spacial score (nSPS) is 28.7. The van der Waals surface area contributed by atoms with Gasteiger partial charge in [-0.15, -0.1) is 0 Å². The van der Waals surface area contributed by atoms with Crippen LogP contribution in [0.25, 0.3) is 0 Å². The number of carbonyl (C=O) groups is 2. The van der Waals surface area contributed by atoms with E-state index in [0.29, 0.717) is 19.5 Å². The molecule has 0 unspecified atom stereocenters. The van der Waals surface area contributed by atoms with Crippen LogP contribution in [0.3, 0.4) is 0 Å². The Morgan fingerprint density at radius 2 is 2.05 bits per heavy atom. The summed E-state index contributed by atoms with van der Waals surface area (Å²) in [5.74, 6) is 0. The van der Waals surface area contributed by atoms with Gasteiger partial charge in [0.25, 0.3) is 0 Å². The number of methoxy groups -OCH3 is 1. The van der Waals surface area contributed by atoms with Crippen molar-refractivity contribution in [3.63, 3.8) is 0 Å². The maximum Gasteiger partial charge on any atom is 0.410 e. The summed E-state index contributed by atoms with van der Waals surface area (Å²) in [5, 5.41) is 9.46. The molecule has 2 aliphatic rings. The lowest BCUT2D eigenvalue weighted by Crippen LogP contribution is -2.66. The van der Waals surface area contributed by atoms with Gasteiger partial charge in [0.1, 0.15) is 5.60 Å². The first-order valence-electron chi connectivity index (χ1n) is 7.18. The predicted molar refractivity (Wildman–Crippen MR) is 75.3 cm³/mol. The molecule has 0 saturated carbocycles. The quantitative estimate of drug-likeness (QED) is 0.840. The van der Waals surface area contributed by atoms with Crippen molar-refractivity contribution in [3.8, 4) is 0 Å². The topological polar surface area (TPSA) is 79.3 Å². The van der Waals surface area contributed by atoms with E-state index in [1.165, 1.54) is 4.90 Å². The summed E-state index contributed by atoms with van der Waals surface area (Å²) < 4.78 is 10.6. The average molecular weight is 300 g/mol. The number of ether oxygens (including phenoxy) is 2. The number of hydrogen-bond donors (Lipinski definition) is 1. The van der Waals surface area contributed by atoms with E-state index in [2.05, 4.69) is 0 Å². The summed E-state index contributed by atoms with van der Waals surface area (Å²) in [7, 11) is 1.55. The fourth-order valence-corrected chi connectivity index (χ4v) is 3.36. The van der Waals surface area contributed by atoms with E-state index in [0.717, 1.165) is 6.42 Å². The number of piperazine rings is 1. The second-order valence-corrected chi connectivity index (χ2v) is 6.86. The highest BCUT2D eigenvalue weighted by Crippen LogP contribution is 2.39. The first kappa shape index (κ1) is 15.9. The van der Waals surface area contributed by atoms with Gasteiger partial charge in [0.15, 0.2) is 0 Å². The van der Waals surface area contributed by atoms with Crippen LogP contribution in [0.2, 0.25) is 0 Å². The minimum absolute atomic E-state index is 0.182. The van der Waals surface area contributed by atoms with Crippen LogP contribution in [0, 0.1) is 0 Å². The largest absolute Gasteiger partial charge is 0.465 e. The lowest BCUT2D eigenvalue weighted by atomic mass is 9.96. The van der Waals surface area contributed by atoms with Crippen LogP contribution >= 0.6 is 0 Å². The Balaban J connectivity index is 2.18. The molecule has 0 spiro atoms. The predicted octanol–water partition coefficient (Wildman–Crippen LogP) is 1.76. The molecular formula is C14H24N2O5. The van der Waals surface area contributed by atoms with Gasteiger partial charge in [0.05, 0.1) is 18.2 Å². The number of carboxylic acid groups (broad SMARTS) is 1. The molecule has 0 aliphatic carbocycles. The van der Waals surface area contributed by atoms with E-state index in [9.17, 15) is 14.7 Å². The second-order valence-electron chi connectivity index (χ2n) is 6.86. The molecule has 2 bridgehead atoms. The van der Waals surface area contributed by atoms with E-state index >= 15 is 0 Å². The van der Waals surface area contributed by atoms with Crippen molar-refractivity contribution in [1.82, 2.24) is 9.80 Å². The van der Waals surface area contributed by atoms with Crippen LogP contribution < -0.4 is 0 Å². The zero-order chi connectivity index (χ0) is 15.8. The molecule has 2 heterocycles. The summed E-state index contributed by atoms with van der Waals surface area (Å²) in [4.78, 5) is 26.9. The van der Waals surface area contributed by atoms with E-state index in [1.807, 2.05) is 20.8 Å². The third-order valence-electron chi connectivity index (χ3n) is 4.01. The third-order valence-corrected chi connectivity index (χ3v) is 4.01. The maximum atomic E-state index is 12.3. The zero-order valence-electron chi connectivity index (χ0n) is 13.1. The van der Waals surface area contributed by atoms with Crippen LogP contribution in [0.4, 0.5) is 9.59 Å². The lowest BCUT2D eigenvalue weighted by molar-refractivity contribution is -0.0412. The summed E-state index contributed by atoms with van der Waals surface area (Å²) in [6.45, 7) is 6.44. The van der Waals surface area contributed by atoms with Gasteiger partial charge in [-0.1, -0.05) is 0 Å². The number of likely N-dealkylation sites (tertiary alicyclic amines) is 1. The molecule has 120 valence electrons. The van der Waals surface area contributed by atoms with E-state index in [4.69, 9.17) is 9.47 Å². The second kappa shape index (κ2) is 5.36. The fraction of sp³-hybridized carbons (Fsp3) is 0.857. The van der Waals surface area contributed by atoms with Gasteiger partial charge in [-0.3, -0.25) is 4.90 Å². The van der Waals surface area contributed by atoms with Gasteiger partial charge < -0.3 is 19.5 Å². The highest BCUT2D eigenvalue weighted by Gasteiger charge is 2.55. The van der Waals surface area contributed by atoms with Gasteiger partial charge in [-0.2, -0.15) is 0 Å². The van der Waals surface area contributed by atoms with Gasteiger partial charge in [-0.05, 0) is 33.6 Å². The molecular weight excluding hydrogens is 276 g/mol. The van der Waals surface area contributed by atoms with E-state index < -0.39 is 17.2 Å². The van der Waals surface area contributed by atoms with Crippen LogP contribution in [0.5, 0.6) is 0 Å². The number of hydrogen-bond acceptors (Lipinski definition) is 4. The van der Waals surface area contributed by atoms with E-state index in [-0.39, 0.29) is 18.7 Å². The lowest BCUT2D eigenvalue weighted by Gasteiger charge is -2.47. The first-order valence-corrected chi connectivity index (χ1v) is 7.18. The SMILES string of the molecule is COC[C@@]12CC[C@@H](CN(C(=O)OC(C)(C)C)C1)N2C(=O)O. The smallest absolute Gasteiger partial charge is 0.410 e. The van der Waals surface area contributed by atoms with Crippen LogP contribution in [0.15, 0.2) is 0 Å². The molecule has 2 saturated heterocycles. The summed E-state index contributed by atoms with van der Waals surface area (Å²) in [5.41, 5.74) is -1.21. The highest BCUT2D eigenvalue weighted by molar-refractivity contribution is 5.71. The molecule has 2 atom stereocenters. The number of rotatable bonds is 2. The Labute approximate surface area is 124 Å². The zero-order valence-corrected chi connectivity index (χ0v) is 13.1. The van der Waals surface area contributed by atoms with Crippen LogP contribution in [-0.2, 0) is 9.47 Å².